The first kappa shape index (κ1) is 14.8. The molecule has 1 N–H and O–H groups in total. The van der Waals surface area contributed by atoms with Gasteiger partial charge in [-0.15, -0.1) is 0 Å². The summed E-state index contributed by atoms with van der Waals surface area (Å²) in [5.74, 6) is 0.266. The summed E-state index contributed by atoms with van der Waals surface area (Å²) in [7, 11) is 4.11. The smallest absolute Gasteiger partial charge is 0.236 e. The summed E-state index contributed by atoms with van der Waals surface area (Å²) in [6.45, 7) is 6.73. The van der Waals surface area contributed by atoms with Gasteiger partial charge in [0.15, 0.2) is 0 Å². The van der Waals surface area contributed by atoms with Gasteiger partial charge in [0.25, 0.3) is 0 Å². The molecule has 0 bridgehead atoms. The molecule has 2 heterocycles. The topological polar surface area (TPSA) is 38.8 Å². The van der Waals surface area contributed by atoms with Crippen LogP contribution in [0.2, 0.25) is 0 Å². The maximum absolute atomic E-state index is 12.3. The molecule has 0 spiro atoms. The quantitative estimate of drug-likeness (QED) is 0.769. The van der Waals surface area contributed by atoms with E-state index >= 15 is 0 Å². The van der Waals surface area contributed by atoms with Gasteiger partial charge in [-0.25, -0.2) is 0 Å². The van der Waals surface area contributed by atoms with Crippen LogP contribution in [0.3, 0.4) is 0 Å². The van der Waals surface area contributed by atoms with Gasteiger partial charge in [0.05, 0.1) is 6.54 Å². The number of likely N-dealkylation sites (N-methyl/N-ethyl adjacent to an activating group) is 2. The van der Waals surface area contributed by atoms with E-state index in [1.807, 2.05) is 11.9 Å². The molecule has 0 aromatic carbocycles. The van der Waals surface area contributed by atoms with E-state index in [1.165, 1.54) is 19.4 Å². The predicted molar refractivity (Wildman–Crippen MR) is 77.2 cm³/mol. The number of amides is 1. The van der Waals surface area contributed by atoms with Crippen LogP contribution in [-0.2, 0) is 4.79 Å². The molecule has 2 aliphatic heterocycles. The summed E-state index contributed by atoms with van der Waals surface area (Å²) in [6.07, 6.45) is 3.63. The number of rotatable bonds is 4. The van der Waals surface area contributed by atoms with Crippen molar-refractivity contribution in [3.8, 4) is 0 Å². The number of carbonyl (C=O) groups is 1. The molecular formula is C14H28N4O. The van der Waals surface area contributed by atoms with E-state index in [4.69, 9.17) is 0 Å². The lowest BCUT2D eigenvalue weighted by Crippen LogP contribution is -2.44. The summed E-state index contributed by atoms with van der Waals surface area (Å²) in [6, 6.07) is 0.555. The first-order chi connectivity index (χ1) is 9.16. The van der Waals surface area contributed by atoms with Crippen LogP contribution < -0.4 is 5.32 Å². The molecule has 5 heteroatoms. The van der Waals surface area contributed by atoms with Crippen LogP contribution in [0, 0.1) is 0 Å². The van der Waals surface area contributed by atoms with Crippen molar-refractivity contribution in [3.05, 3.63) is 0 Å². The zero-order valence-electron chi connectivity index (χ0n) is 12.4. The Morgan fingerprint density at radius 1 is 1.26 bits per heavy atom. The van der Waals surface area contributed by atoms with E-state index in [0.717, 1.165) is 39.1 Å². The average Bonchev–Trinajstić information content (AvgIpc) is 2.65. The lowest BCUT2D eigenvalue weighted by atomic mass is 10.2. The van der Waals surface area contributed by atoms with Crippen molar-refractivity contribution in [2.75, 3.05) is 59.9 Å². The fraction of sp³-hybridized carbons (Fsp3) is 0.929. The highest BCUT2D eigenvalue weighted by molar-refractivity contribution is 5.78. The SMILES string of the molecule is CN(CC1CCCN1C)C(=O)CN1CCCNCC1. The molecule has 19 heavy (non-hydrogen) atoms. The standard InChI is InChI=1S/C14H28N4O/c1-16-8-3-5-13(16)11-17(2)14(19)12-18-9-4-6-15-7-10-18/h13,15H,3-12H2,1-2H3. The second-order valence-corrected chi connectivity index (χ2v) is 5.93. The van der Waals surface area contributed by atoms with E-state index in [1.54, 1.807) is 0 Å². The van der Waals surface area contributed by atoms with Crippen LogP contribution in [0.5, 0.6) is 0 Å². The fourth-order valence-electron chi connectivity index (χ4n) is 3.00. The van der Waals surface area contributed by atoms with E-state index in [9.17, 15) is 4.79 Å². The molecule has 110 valence electrons. The molecule has 2 rings (SSSR count). The Hall–Kier alpha value is -0.650. The van der Waals surface area contributed by atoms with Crippen molar-refractivity contribution in [3.63, 3.8) is 0 Å². The number of nitrogens with zero attached hydrogens (tertiary/aromatic N) is 3. The summed E-state index contributed by atoms with van der Waals surface area (Å²) in [5.41, 5.74) is 0. The minimum absolute atomic E-state index is 0.266. The van der Waals surface area contributed by atoms with Gasteiger partial charge in [-0.05, 0) is 45.9 Å². The van der Waals surface area contributed by atoms with Crippen molar-refractivity contribution < 1.29 is 4.79 Å². The highest BCUT2D eigenvalue weighted by atomic mass is 16.2. The number of carbonyl (C=O) groups excluding carboxylic acids is 1. The molecule has 0 aromatic rings. The molecule has 1 atom stereocenters. The predicted octanol–water partition coefficient (Wildman–Crippen LogP) is -0.166. The summed E-state index contributed by atoms with van der Waals surface area (Å²) < 4.78 is 0. The van der Waals surface area contributed by atoms with Gasteiger partial charge < -0.3 is 15.1 Å². The molecule has 0 aliphatic carbocycles. The van der Waals surface area contributed by atoms with Crippen LogP contribution in [0.4, 0.5) is 0 Å². The van der Waals surface area contributed by atoms with E-state index in [-0.39, 0.29) is 5.91 Å². The Morgan fingerprint density at radius 2 is 2.11 bits per heavy atom. The van der Waals surface area contributed by atoms with Crippen LogP contribution in [-0.4, -0.2) is 86.6 Å². The molecular weight excluding hydrogens is 240 g/mol. The number of hydrogen-bond donors (Lipinski definition) is 1. The van der Waals surface area contributed by atoms with Gasteiger partial charge >= 0.3 is 0 Å². The third kappa shape index (κ3) is 4.44. The maximum atomic E-state index is 12.3. The minimum atomic E-state index is 0.266. The average molecular weight is 268 g/mol. The molecule has 1 unspecified atom stereocenters. The van der Waals surface area contributed by atoms with Crippen molar-refractivity contribution in [2.24, 2.45) is 0 Å². The molecule has 1 amide bonds. The van der Waals surface area contributed by atoms with Crippen molar-refractivity contribution >= 4 is 5.91 Å². The first-order valence-corrected chi connectivity index (χ1v) is 7.54. The summed E-state index contributed by atoms with van der Waals surface area (Å²) >= 11 is 0. The molecule has 2 saturated heterocycles. The van der Waals surface area contributed by atoms with E-state index in [2.05, 4.69) is 22.2 Å². The van der Waals surface area contributed by atoms with Gasteiger partial charge in [-0.3, -0.25) is 9.69 Å². The normalized spacial score (nSPS) is 26.3. The van der Waals surface area contributed by atoms with Gasteiger partial charge in [0.2, 0.25) is 5.91 Å². The molecule has 0 saturated carbocycles. The Morgan fingerprint density at radius 3 is 2.84 bits per heavy atom. The lowest BCUT2D eigenvalue weighted by Gasteiger charge is -2.28. The Kier molecular flexibility index (Phi) is 5.60. The van der Waals surface area contributed by atoms with Crippen molar-refractivity contribution in [1.29, 1.82) is 0 Å². The monoisotopic (exact) mass is 268 g/mol. The van der Waals surface area contributed by atoms with Crippen molar-refractivity contribution in [2.45, 2.75) is 25.3 Å². The van der Waals surface area contributed by atoms with Gasteiger partial charge in [0, 0.05) is 32.7 Å². The molecule has 5 nitrogen and oxygen atoms in total. The third-order valence-electron chi connectivity index (χ3n) is 4.37. The van der Waals surface area contributed by atoms with Crippen LogP contribution >= 0.6 is 0 Å². The number of likely N-dealkylation sites (tertiary alicyclic amines) is 1. The third-order valence-corrected chi connectivity index (χ3v) is 4.37. The van der Waals surface area contributed by atoms with E-state index in [0.29, 0.717) is 12.6 Å². The molecule has 0 aromatic heterocycles. The summed E-state index contributed by atoms with van der Waals surface area (Å²) in [5, 5.41) is 3.37. The Labute approximate surface area is 116 Å². The highest BCUT2D eigenvalue weighted by Gasteiger charge is 2.24. The Balaban J connectivity index is 1.74. The second kappa shape index (κ2) is 7.22. The maximum Gasteiger partial charge on any atom is 0.236 e. The number of hydrogen-bond acceptors (Lipinski definition) is 4. The highest BCUT2D eigenvalue weighted by Crippen LogP contribution is 2.15. The fourth-order valence-corrected chi connectivity index (χ4v) is 3.00. The van der Waals surface area contributed by atoms with Gasteiger partial charge in [-0.2, -0.15) is 0 Å². The molecule has 2 aliphatic rings. The molecule has 2 fully saturated rings. The van der Waals surface area contributed by atoms with Gasteiger partial charge in [0.1, 0.15) is 0 Å². The first-order valence-electron chi connectivity index (χ1n) is 7.54. The Bertz CT molecular complexity index is 289. The van der Waals surface area contributed by atoms with Crippen molar-refractivity contribution in [1.82, 2.24) is 20.0 Å². The van der Waals surface area contributed by atoms with Crippen LogP contribution in [0.25, 0.3) is 0 Å². The lowest BCUT2D eigenvalue weighted by molar-refractivity contribution is -0.131. The minimum Gasteiger partial charge on any atom is -0.343 e. The zero-order chi connectivity index (χ0) is 13.7. The van der Waals surface area contributed by atoms with E-state index < -0.39 is 0 Å². The van der Waals surface area contributed by atoms with Crippen LogP contribution in [0.15, 0.2) is 0 Å². The second-order valence-electron chi connectivity index (χ2n) is 5.93. The molecule has 0 radical (unpaired) electrons. The largest absolute Gasteiger partial charge is 0.343 e. The summed E-state index contributed by atoms with van der Waals surface area (Å²) in [4.78, 5) is 18.8. The van der Waals surface area contributed by atoms with Gasteiger partial charge in [-0.1, -0.05) is 0 Å². The van der Waals surface area contributed by atoms with Crippen LogP contribution in [0.1, 0.15) is 19.3 Å². The number of nitrogens with one attached hydrogen (secondary N) is 1. The zero-order valence-corrected chi connectivity index (χ0v) is 12.4.